The molecule has 2 heterocycles. The van der Waals surface area contributed by atoms with E-state index in [0.29, 0.717) is 34.5 Å². The lowest BCUT2D eigenvalue weighted by atomic mass is 10.2. The Morgan fingerprint density at radius 2 is 1.67 bits per heavy atom. The first-order valence-electron chi connectivity index (χ1n) is 7.75. The number of aryl methyl sites for hydroxylation is 1. The van der Waals surface area contributed by atoms with Gasteiger partial charge >= 0.3 is 0 Å². The molecule has 0 aliphatic carbocycles. The Labute approximate surface area is 155 Å². The van der Waals surface area contributed by atoms with Gasteiger partial charge in [-0.25, -0.2) is 4.98 Å². The summed E-state index contributed by atoms with van der Waals surface area (Å²) >= 11 is 12.7. The zero-order chi connectivity index (χ0) is 17.1. The molecule has 1 aliphatic rings. The van der Waals surface area contributed by atoms with E-state index in [9.17, 15) is 4.55 Å². The highest BCUT2D eigenvalue weighted by molar-refractivity contribution is 7.94. The van der Waals surface area contributed by atoms with Crippen molar-refractivity contribution < 1.29 is 4.55 Å². The van der Waals surface area contributed by atoms with Crippen molar-refractivity contribution in [3.05, 3.63) is 40.1 Å². The van der Waals surface area contributed by atoms with Crippen LogP contribution in [0.25, 0.3) is 0 Å². The van der Waals surface area contributed by atoms with Gasteiger partial charge in [-0.1, -0.05) is 30.1 Å². The van der Waals surface area contributed by atoms with Crippen LogP contribution in [0.2, 0.25) is 10.2 Å². The molecular weight excluding hydrogens is 367 g/mol. The van der Waals surface area contributed by atoms with Crippen LogP contribution in [-0.4, -0.2) is 40.7 Å². The Balaban J connectivity index is 1.72. The topological polar surface area (TPSA) is 52.5 Å². The molecule has 5 nitrogen and oxygen atoms in total. The number of benzene rings is 1. The van der Waals surface area contributed by atoms with Crippen LogP contribution in [-0.2, 0) is 6.42 Å². The molecule has 1 saturated heterocycles. The molecule has 0 bridgehead atoms. The van der Waals surface area contributed by atoms with Gasteiger partial charge in [-0.05, 0) is 30.7 Å². The highest BCUT2D eigenvalue weighted by atomic mass is 35.5. The predicted molar refractivity (Wildman–Crippen MR) is 101 cm³/mol. The fourth-order valence-electron chi connectivity index (χ4n) is 2.74. The summed E-state index contributed by atoms with van der Waals surface area (Å²) in [5.41, 5.74) is 1.94. The first kappa shape index (κ1) is 17.6. The van der Waals surface area contributed by atoms with Crippen molar-refractivity contribution in [2.24, 2.45) is 0 Å². The fourth-order valence-corrected chi connectivity index (χ4v) is 3.57. The highest BCUT2D eigenvalue weighted by Crippen LogP contribution is 2.29. The molecule has 2 aromatic rings. The molecular formula is C16H18Cl2N4OS. The van der Waals surface area contributed by atoms with Gasteiger partial charge in [0, 0.05) is 48.9 Å². The normalized spacial score (nSPS) is 15.0. The lowest BCUT2D eigenvalue weighted by Crippen LogP contribution is -2.47. The second-order valence-corrected chi connectivity index (χ2v) is 6.87. The third-order valence-electron chi connectivity index (χ3n) is 4.06. The quantitative estimate of drug-likeness (QED) is 0.628. The zero-order valence-corrected chi connectivity index (χ0v) is 15.6. The minimum absolute atomic E-state index is 0.310. The van der Waals surface area contributed by atoms with Crippen molar-refractivity contribution in [1.29, 1.82) is 0 Å². The van der Waals surface area contributed by atoms with Gasteiger partial charge in [0.05, 0.1) is 10.6 Å². The second-order valence-electron chi connectivity index (χ2n) is 5.49. The van der Waals surface area contributed by atoms with Crippen molar-refractivity contribution in [2.45, 2.75) is 18.2 Å². The molecule has 0 saturated carbocycles. The standard InChI is InChI=1S/C16H18Cl2N4OS/c1-2-13-14(24-23)15(18)20-16(19-13)22-9-7-21(8-10-22)12-5-3-11(17)4-6-12/h3-6,23H,2,7-10H2,1H3. The Kier molecular flexibility index (Phi) is 5.71. The summed E-state index contributed by atoms with van der Waals surface area (Å²) in [6.45, 7) is 5.36. The first-order chi connectivity index (χ1) is 11.6. The van der Waals surface area contributed by atoms with E-state index < -0.39 is 0 Å². The number of anilines is 2. The Morgan fingerprint density at radius 3 is 2.25 bits per heavy atom. The number of halogens is 2. The van der Waals surface area contributed by atoms with Gasteiger partial charge in [-0.15, -0.1) is 0 Å². The van der Waals surface area contributed by atoms with E-state index >= 15 is 0 Å². The highest BCUT2D eigenvalue weighted by Gasteiger charge is 2.21. The number of hydrogen-bond donors (Lipinski definition) is 1. The number of nitrogens with zero attached hydrogens (tertiary/aromatic N) is 4. The maximum atomic E-state index is 9.33. The Hall–Kier alpha value is -1.21. The van der Waals surface area contributed by atoms with Gasteiger partial charge in [-0.3, -0.25) is 0 Å². The summed E-state index contributed by atoms with van der Waals surface area (Å²) in [7, 11) is 0. The molecule has 0 atom stereocenters. The van der Waals surface area contributed by atoms with Crippen molar-refractivity contribution in [1.82, 2.24) is 9.97 Å². The Bertz CT molecular complexity index is 706. The maximum Gasteiger partial charge on any atom is 0.227 e. The van der Waals surface area contributed by atoms with Crippen LogP contribution >= 0.6 is 35.2 Å². The molecule has 0 radical (unpaired) electrons. The lowest BCUT2D eigenvalue weighted by Gasteiger charge is -2.36. The van der Waals surface area contributed by atoms with E-state index in [2.05, 4.69) is 19.8 Å². The lowest BCUT2D eigenvalue weighted by molar-refractivity contribution is 0.635. The fraction of sp³-hybridized carbons (Fsp3) is 0.375. The SMILES string of the molecule is CCc1nc(N2CCN(c3ccc(Cl)cc3)CC2)nc(Cl)c1SO. The average molecular weight is 385 g/mol. The smallest absolute Gasteiger partial charge is 0.227 e. The number of rotatable bonds is 4. The van der Waals surface area contributed by atoms with Crippen LogP contribution in [0.15, 0.2) is 29.2 Å². The van der Waals surface area contributed by atoms with Gasteiger partial charge in [0.2, 0.25) is 5.95 Å². The molecule has 0 spiro atoms. The minimum atomic E-state index is 0.310. The molecule has 3 rings (SSSR count). The third-order valence-corrected chi connectivity index (χ3v) is 5.31. The summed E-state index contributed by atoms with van der Waals surface area (Å²) in [6.07, 6.45) is 0.697. The molecule has 1 aromatic carbocycles. The van der Waals surface area contributed by atoms with Crippen LogP contribution in [0.5, 0.6) is 0 Å². The maximum absolute atomic E-state index is 9.33. The van der Waals surface area contributed by atoms with Gasteiger partial charge in [0.1, 0.15) is 0 Å². The Morgan fingerprint density at radius 1 is 1.04 bits per heavy atom. The van der Waals surface area contributed by atoms with E-state index in [1.54, 1.807) is 0 Å². The van der Waals surface area contributed by atoms with Crippen LogP contribution in [0.3, 0.4) is 0 Å². The first-order valence-corrected chi connectivity index (χ1v) is 9.28. The second kappa shape index (κ2) is 7.78. The predicted octanol–water partition coefficient (Wildman–Crippen LogP) is 4.24. The monoisotopic (exact) mass is 384 g/mol. The van der Waals surface area contributed by atoms with E-state index in [1.807, 2.05) is 31.2 Å². The van der Waals surface area contributed by atoms with Crippen LogP contribution in [0, 0.1) is 0 Å². The molecule has 1 fully saturated rings. The summed E-state index contributed by atoms with van der Waals surface area (Å²) < 4.78 is 9.33. The van der Waals surface area contributed by atoms with Gasteiger partial charge in [0.25, 0.3) is 0 Å². The van der Waals surface area contributed by atoms with Crippen LogP contribution < -0.4 is 9.80 Å². The summed E-state index contributed by atoms with van der Waals surface area (Å²) in [5, 5.41) is 1.05. The van der Waals surface area contributed by atoms with E-state index in [0.717, 1.165) is 36.9 Å². The van der Waals surface area contributed by atoms with E-state index in [-0.39, 0.29) is 0 Å². The summed E-state index contributed by atoms with van der Waals surface area (Å²) in [6, 6.07) is 7.89. The molecule has 0 amide bonds. The molecule has 1 N–H and O–H groups in total. The minimum Gasteiger partial charge on any atom is -0.368 e. The summed E-state index contributed by atoms with van der Waals surface area (Å²) in [5.74, 6) is 0.630. The molecule has 128 valence electrons. The largest absolute Gasteiger partial charge is 0.368 e. The molecule has 8 heteroatoms. The van der Waals surface area contributed by atoms with Gasteiger partial charge < -0.3 is 14.4 Å². The molecule has 1 aliphatic heterocycles. The number of aromatic nitrogens is 2. The van der Waals surface area contributed by atoms with E-state index in [1.165, 1.54) is 5.69 Å². The molecule has 1 aromatic heterocycles. The van der Waals surface area contributed by atoms with Crippen molar-refractivity contribution in [2.75, 3.05) is 36.0 Å². The average Bonchev–Trinajstić information content (AvgIpc) is 2.61. The van der Waals surface area contributed by atoms with Gasteiger partial charge in [0.15, 0.2) is 5.15 Å². The molecule has 0 unspecified atom stereocenters. The number of piperazine rings is 1. The summed E-state index contributed by atoms with van der Waals surface area (Å²) in [4.78, 5) is 13.9. The van der Waals surface area contributed by atoms with Crippen LogP contribution in [0.4, 0.5) is 11.6 Å². The van der Waals surface area contributed by atoms with Crippen molar-refractivity contribution in [3.63, 3.8) is 0 Å². The molecule has 24 heavy (non-hydrogen) atoms. The number of hydrogen-bond acceptors (Lipinski definition) is 6. The van der Waals surface area contributed by atoms with Crippen LogP contribution in [0.1, 0.15) is 12.6 Å². The zero-order valence-electron chi connectivity index (χ0n) is 13.2. The third kappa shape index (κ3) is 3.72. The van der Waals surface area contributed by atoms with Gasteiger partial charge in [-0.2, -0.15) is 4.98 Å². The van der Waals surface area contributed by atoms with Crippen molar-refractivity contribution >= 4 is 46.9 Å². The van der Waals surface area contributed by atoms with E-state index in [4.69, 9.17) is 23.2 Å². The van der Waals surface area contributed by atoms with Crippen molar-refractivity contribution in [3.8, 4) is 0 Å².